The smallest absolute Gasteiger partial charge is 0.241 e. The van der Waals surface area contributed by atoms with Crippen LogP contribution in [-0.4, -0.2) is 31.6 Å². The second-order valence-electron chi connectivity index (χ2n) is 6.05. The minimum Gasteiger partial charge on any atom is -0.369 e. The van der Waals surface area contributed by atoms with Crippen molar-refractivity contribution >= 4 is 17.3 Å². The first kappa shape index (κ1) is 14.3. The van der Waals surface area contributed by atoms with Gasteiger partial charge in [0.15, 0.2) is 0 Å². The summed E-state index contributed by atoms with van der Waals surface area (Å²) in [7, 11) is 0. The van der Waals surface area contributed by atoms with Crippen molar-refractivity contribution in [2.45, 2.75) is 32.2 Å². The lowest BCUT2D eigenvalue weighted by Crippen LogP contribution is -2.39. The van der Waals surface area contributed by atoms with Gasteiger partial charge < -0.3 is 15.5 Å². The molecule has 3 rings (SSSR count). The zero-order valence-corrected chi connectivity index (χ0v) is 12.4. The Morgan fingerprint density at radius 1 is 1.38 bits per heavy atom. The molecule has 5 heteroatoms. The Kier molecular flexibility index (Phi) is 4.10. The van der Waals surface area contributed by atoms with E-state index in [1.54, 1.807) is 12.1 Å². The molecule has 0 aliphatic carbocycles. The number of anilines is 2. The summed E-state index contributed by atoms with van der Waals surface area (Å²) in [5.41, 5.74) is 1.17. The number of carbonyl (C=O) groups excluding carboxylic acids is 1. The van der Waals surface area contributed by atoms with Gasteiger partial charge in [0.05, 0.1) is 11.7 Å². The number of hydrogen-bond acceptors (Lipinski definition) is 3. The number of halogens is 1. The van der Waals surface area contributed by atoms with Gasteiger partial charge in [-0.2, -0.15) is 0 Å². The molecule has 2 atom stereocenters. The fraction of sp³-hybridized carbons (Fsp3) is 0.562. The van der Waals surface area contributed by atoms with E-state index in [-0.39, 0.29) is 17.8 Å². The predicted octanol–water partition coefficient (Wildman–Crippen LogP) is 2.36. The van der Waals surface area contributed by atoms with Crippen LogP contribution in [0.25, 0.3) is 0 Å². The number of benzene rings is 1. The van der Waals surface area contributed by atoms with Crippen LogP contribution >= 0.6 is 0 Å². The Hall–Kier alpha value is -1.62. The molecule has 2 unspecified atom stereocenters. The van der Waals surface area contributed by atoms with Crippen LogP contribution in [0.3, 0.4) is 0 Å². The van der Waals surface area contributed by atoms with Crippen LogP contribution in [0, 0.1) is 11.7 Å². The molecular formula is C16H22FN3O. The Bertz CT molecular complexity index is 528. The van der Waals surface area contributed by atoms with Crippen LogP contribution < -0.4 is 15.5 Å². The van der Waals surface area contributed by atoms with Gasteiger partial charge in [-0.25, -0.2) is 4.39 Å². The first-order chi connectivity index (χ1) is 10.1. The number of rotatable bonds is 3. The third-order valence-electron chi connectivity index (χ3n) is 4.48. The van der Waals surface area contributed by atoms with Crippen LogP contribution in [0.4, 0.5) is 15.8 Å². The largest absolute Gasteiger partial charge is 0.369 e. The van der Waals surface area contributed by atoms with Gasteiger partial charge in [0.2, 0.25) is 5.91 Å². The summed E-state index contributed by atoms with van der Waals surface area (Å²) in [4.78, 5) is 14.2. The van der Waals surface area contributed by atoms with E-state index in [1.807, 2.05) is 0 Å². The molecular weight excluding hydrogens is 269 g/mol. The van der Waals surface area contributed by atoms with Crippen molar-refractivity contribution in [1.29, 1.82) is 0 Å². The fourth-order valence-electron chi connectivity index (χ4n) is 3.20. The number of amides is 1. The topological polar surface area (TPSA) is 44.4 Å². The summed E-state index contributed by atoms with van der Waals surface area (Å²) >= 11 is 0. The normalized spacial score (nSPS) is 25.3. The molecule has 2 fully saturated rings. The standard InChI is InChI=1S/C16H22FN3O/c1-11-6-7-18-15(11)16(21)19-12-4-5-14(13(17)10-12)20-8-2-3-9-20/h4-5,10-11,15,18H,2-3,6-9H2,1H3,(H,19,21). The van der Waals surface area contributed by atoms with Crippen molar-refractivity contribution in [2.24, 2.45) is 5.92 Å². The zero-order valence-electron chi connectivity index (χ0n) is 12.4. The fourth-order valence-corrected chi connectivity index (χ4v) is 3.20. The third-order valence-corrected chi connectivity index (χ3v) is 4.48. The van der Waals surface area contributed by atoms with Gasteiger partial charge in [-0.15, -0.1) is 0 Å². The highest BCUT2D eigenvalue weighted by atomic mass is 19.1. The molecule has 0 radical (unpaired) electrons. The van der Waals surface area contributed by atoms with Crippen molar-refractivity contribution in [1.82, 2.24) is 5.32 Å². The minimum atomic E-state index is -0.262. The van der Waals surface area contributed by atoms with E-state index < -0.39 is 0 Å². The average Bonchev–Trinajstić information content (AvgIpc) is 3.10. The molecule has 2 N–H and O–H groups in total. The van der Waals surface area contributed by atoms with E-state index in [4.69, 9.17) is 0 Å². The second kappa shape index (κ2) is 6.02. The van der Waals surface area contributed by atoms with E-state index in [1.165, 1.54) is 6.07 Å². The molecule has 1 aromatic rings. The summed E-state index contributed by atoms with van der Waals surface area (Å²) in [5.74, 6) is -0.0193. The second-order valence-corrected chi connectivity index (χ2v) is 6.05. The van der Waals surface area contributed by atoms with Gasteiger partial charge >= 0.3 is 0 Å². The highest BCUT2D eigenvalue weighted by Gasteiger charge is 2.29. The van der Waals surface area contributed by atoms with Crippen LogP contribution in [0.1, 0.15) is 26.2 Å². The Morgan fingerprint density at radius 2 is 2.14 bits per heavy atom. The summed E-state index contributed by atoms with van der Waals surface area (Å²) in [5, 5.41) is 6.00. The summed E-state index contributed by atoms with van der Waals surface area (Å²) in [6.45, 7) is 4.74. The molecule has 2 heterocycles. The van der Waals surface area contributed by atoms with E-state index in [9.17, 15) is 9.18 Å². The molecule has 1 aromatic carbocycles. The molecule has 2 aliphatic rings. The van der Waals surface area contributed by atoms with Gasteiger partial charge in [0.25, 0.3) is 0 Å². The summed E-state index contributed by atoms with van der Waals surface area (Å²) in [6, 6.07) is 4.80. The molecule has 0 bridgehead atoms. The van der Waals surface area contributed by atoms with Crippen LogP contribution in [0.2, 0.25) is 0 Å². The van der Waals surface area contributed by atoms with Crippen LogP contribution in [-0.2, 0) is 4.79 Å². The van der Waals surface area contributed by atoms with Crippen molar-refractivity contribution < 1.29 is 9.18 Å². The molecule has 2 saturated heterocycles. The molecule has 1 amide bonds. The summed E-state index contributed by atoms with van der Waals surface area (Å²) < 4.78 is 14.2. The van der Waals surface area contributed by atoms with Gasteiger partial charge in [-0.3, -0.25) is 4.79 Å². The van der Waals surface area contributed by atoms with E-state index >= 15 is 0 Å². The number of nitrogens with zero attached hydrogens (tertiary/aromatic N) is 1. The monoisotopic (exact) mass is 291 g/mol. The van der Waals surface area contributed by atoms with E-state index in [2.05, 4.69) is 22.5 Å². The molecule has 114 valence electrons. The van der Waals surface area contributed by atoms with E-state index in [0.717, 1.165) is 38.9 Å². The summed E-state index contributed by atoms with van der Waals surface area (Å²) in [6.07, 6.45) is 3.23. The van der Waals surface area contributed by atoms with Crippen molar-refractivity contribution in [3.63, 3.8) is 0 Å². The average molecular weight is 291 g/mol. The molecule has 0 aromatic heterocycles. The van der Waals surface area contributed by atoms with Crippen LogP contribution in [0.5, 0.6) is 0 Å². The molecule has 21 heavy (non-hydrogen) atoms. The molecule has 4 nitrogen and oxygen atoms in total. The lowest BCUT2D eigenvalue weighted by atomic mass is 10.0. The van der Waals surface area contributed by atoms with Crippen LogP contribution in [0.15, 0.2) is 18.2 Å². The highest BCUT2D eigenvalue weighted by molar-refractivity contribution is 5.95. The Labute approximate surface area is 124 Å². The third kappa shape index (κ3) is 3.02. The Balaban J connectivity index is 1.68. The highest BCUT2D eigenvalue weighted by Crippen LogP contribution is 2.26. The quantitative estimate of drug-likeness (QED) is 0.898. The zero-order chi connectivity index (χ0) is 14.8. The molecule has 2 aliphatic heterocycles. The minimum absolute atomic E-state index is 0.0756. The van der Waals surface area contributed by atoms with Gasteiger partial charge in [0.1, 0.15) is 5.82 Å². The maximum absolute atomic E-state index is 14.2. The molecule has 0 spiro atoms. The van der Waals surface area contributed by atoms with Crippen molar-refractivity contribution in [3.05, 3.63) is 24.0 Å². The lowest BCUT2D eigenvalue weighted by Gasteiger charge is -2.20. The number of hydrogen-bond donors (Lipinski definition) is 2. The first-order valence-electron chi connectivity index (χ1n) is 7.74. The van der Waals surface area contributed by atoms with E-state index in [0.29, 0.717) is 17.3 Å². The van der Waals surface area contributed by atoms with Crippen molar-refractivity contribution in [2.75, 3.05) is 29.9 Å². The van der Waals surface area contributed by atoms with Crippen molar-refractivity contribution in [3.8, 4) is 0 Å². The maximum atomic E-state index is 14.2. The SMILES string of the molecule is CC1CCNC1C(=O)Nc1ccc(N2CCCC2)c(F)c1. The number of nitrogens with one attached hydrogen (secondary N) is 2. The van der Waals surface area contributed by atoms with Gasteiger partial charge in [-0.1, -0.05) is 6.92 Å². The molecule has 0 saturated carbocycles. The van der Waals surface area contributed by atoms with Gasteiger partial charge in [0, 0.05) is 18.8 Å². The predicted molar refractivity (Wildman–Crippen MR) is 82.0 cm³/mol. The lowest BCUT2D eigenvalue weighted by molar-refractivity contribution is -0.118. The Morgan fingerprint density at radius 3 is 2.76 bits per heavy atom. The van der Waals surface area contributed by atoms with Gasteiger partial charge in [-0.05, 0) is 49.9 Å². The number of carbonyl (C=O) groups is 1. The first-order valence-corrected chi connectivity index (χ1v) is 7.74. The maximum Gasteiger partial charge on any atom is 0.241 e.